The topological polar surface area (TPSA) is 3.24 Å². The second-order valence-corrected chi connectivity index (χ2v) is 18.5. The van der Waals surface area contributed by atoms with Gasteiger partial charge in [-0.05, 0) is 118 Å². The fraction of sp³-hybridized carbons (Fsp3) is 0.115. The minimum Gasteiger partial charge on any atom is -0.309 e. The lowest BCUT2D eigenvalue weighted by Crippen LogP contribution is -2.23. The van der Waals surface area contributed by atoms with Crippen LogP contribution in [0.4, 0.5) is 17.1 Å². The highest BCUT2D eigenvalue weighted by Crippen LogP contribution is 2.55. The maximum absolute atomic E-state index is 2.53. The van der Waals surface area contributed by atoms with Gasteiger partial charge in [-0.3, -0.25) is 0 Å². The van der Waals surface area contributed by atoms with E-state index in [-0.39, 0.29) is 10.8 Å². The molecule has 0 saturated carbocycles. The van der Waals surface area contributed by atoms with E-state index in [2.05, 4.69) is 246 Å². The van der Waals surface area contributed by atoms with E-state index in [9.17, 15) is 0 Å². The Labute approximate surface area is 365 Å². The number of nitrogens with zero attached hydrogens (tertiary/aromatic N) is 1. The van der Waals surface area contributed by atoms with Crippen LogP contribution in [0.15, 0.2) is 206 Å². The standard InChI is InChI=1S/C61H49N/c1-60(2,3)55-29-17-28-54-51-35-34-44(39-56(51)61(4,5)59(54)55)62(57-30-14-12-25-52(57)48-27-16-21-41-19-8-9-22-45(41)48)58-31-15-13-26-53(58)50-37-36-46(47-23-10-11-24-49(47)50)43-33-32-40-18-6-7-20-42(40)38-43/h6-39H,1-5H3. The van der Waals surface area contributed by atoms with Crippen molar-refractivity contribution in [2.75, 3.05) is 4.90 Å². The minimum absolute atomic E-state index is 0.0163. The van der Waals surface area contributed by atoms with E-state index >= 15 is 0 Å². The molecule has 11 rings (SSSR count). The molecule has 0 atom stereocenters. The van der Waals surface area contributed by atoms with Gasteiger partial charge in [0, 0.05) is 22.2 Å². The van der Waals surface area contributed by atoms with Crippen molar-refractivity contribution >= 4 is 49.4 Å². The number of benzene rings is 10. The fourth-order valence-corrected chi connectivity index (χ4v) is 10.4. The average molecular weight is 796 g/mol. The maximum atomic E-state index is 2.53. The van der Waals surface area contributed by atoms with E-state index < -0.39 is 0 Å². The molecule has 0 fully saturated rings. The van der Waals surface area contributed by atoms with E-state index in [1.54, 1.807) is 0 Å². The first-order chi connectivity index (χ1) is 30.2. The fourth-order valence-electron chi connectivity index (χ4n) is 10.4. The zero-order valence-corrected chi connectivity index (χ0v) is 36.1. The molecule has 0 aliphatic heterocycles. The molecule has 0 heterocycles. The van der Waals surface area contributed by atoms with Gasteiger partial charge in [0.05, 0.1) is 11.4 Å². The molecular weight excluding hydrogens is 747 g/mol. The van der Waals surface area contributed by atoms with Crippen LogP contribution < -0.4 is 4.90 Å². The van der Waals surface area contributed by atoms with Gasteiger partial charge in [0.15, 0.2) is 0 Å². The number of hydrogen-bond acceptors (Lipinski definition) is 1. The van der Waals surface area contributed by atoms with Crippen molar-refractivity contribution in [2.45, 2.75) is 45.4 Å². The van der Waals surface area contributed by atoms with Gasteiger partial charge in [0.2, 0.25) is 0 Å². The normalized spacial score (nSPS) is 13.0. The van der Waals surface area contributed by atoms with Crippen LogP contribution in [0.3, 0.4) is 0 Å². The van der Waals surface area contributed by atoms with E-state index in [1.165, 1.54) is 93.5 Å². The third-order valence-corrected chi connectivity index (χ3v) is 13.4. The van der Waals surface area contributed by atoms with Gasteiger partial charge >= 0.3 is 0 Å². The molecule has 10 aromatic carbocycles. The van der Waals surface area contributed by atoms with Crippen molar-refractivity contribution in [2.24, 2.45) is 0 Å². The third-order valence-electron chi connectivity index (χ3n) is 13.4. The first-order valence-corrected chi connectivity index (χ1v) is 21.9. The second kappa shape index (κ2) is 14.5. The summed E-state index contributed by atoms with van der Waals surface area (Å²) in [4.78, 5) is 2.53. The predicted octanol–water partition coefficient (Wildman–Crippen LogP) is 17.2. The lowest BCUT2D eigenvalue weighted by molar-refractivity contribution is 0.556. The molecule has 1 heteroatoms. The van der Waals surface area contributed by atoms with Crippen LogP contribution >= 0.6 is 0 Å². The first-order valence-electron chi connectivity index (χ1n) is 21.9. The van der Waals surface area contributed by atoms with Gasteiger partial charge in [-0.25, -0.2) is 0 Å². The number of anilines is 3. The molecule has 0 bridgehead atoms. The van der Waals surface area contributed by atoms with E-state index in [4.69, 9.17) is 0 Å². The number of rotatable bonds is 6. The smallest absolute Gasteiger partial charge is 0.0540 e. The molecule has 0 amide bonds. The highest BCUT2D eigenvalue weighted by molar-refractivity contribution is 6.09. The van der Waals surface area contributed by atoms with Crippen LogP contribution in [-0.4, -0.2) is 0 Å². The second-order valence-electron chi connectivity index (χ2n) is 18.5. The SMILES string of the molecule is CC(C)(C)c1cccc2c1C(C)(C)c1cc(N(c3ccccc3-c3cccc4ccccc34)c3ccccc3-c3ccc(-c4ccc5ccccc5c4)c4ccccc34)ccc1-2. The van der Waals surface area contributed by atoms with Crippen molar-refractivity contribution in [1.82, 2.24) is 0 Å². The first kappa shape index (κ1) is 37.8. The van der Waals surface area contributed by atoms with Crippen LogP contribution in [0.5, 0.6) is 0 Å². The summed E-state index contributed by atoms with van der Waals surface area (Å²) in [5.74, 6) is 0. The van der Waals surface area contributed by atoms with E-state index in [0.29, 0.717) is 0 Å². The Kier molecular flexibility index (Phi) is 8.81. The Morgan fingerprint density at radius 3 is 1.61 bits per heavy atom. The van der Waals surface area contributed by atoms with Gasteiger partial charge in [-0.1, -0.05) is 211 Å². The Morgan fingerprint density at radius 2 is 0.887 bits per heavy atom. The molecule has 0 radical (unpaired) electrons. The molecule has 62 heavy (non-hydrogen) atoms. The van der Waals surface area contributed by atoms with Gasteiger partial charge in [0.25, 0.3) is 0 Å². The summed E-state index contributed by atoms with van der Waals surface area (Å²) in [6, 6.07) is 76.6. The minimum atomic E-state index is -0.195. The number of para-hydroxylation sites is 2. The summed E-state index contributed by atoms with van der Waals surface area (Å²) in [6.45, 7) is 11.9. The van der Waals surface area contributed by atoms with Crippen LogP contribution in [0.25, 0.3) is 76.8 Å². The Hall–Kier alpha value is -7.22. The molecule has 0 saturated heterocycles. The molecule has 0 N–H and O–H groups in total. The van der Waals surface area contributed by atoms with Crippen LogP contribution in [-0.2, 0) is 10.8 Å². The summed E-state index contributed by atoms with van der Waals surface area (Å²) < 4.78 is 0. The Balaban J connectivity index is 1.15. The van der Waals surface area contributed by atoms with Crippen molar-refractivity contribution < 1.29 is 0 Å². The van der Waals surface area contributed by atoms with Gasteiger partial charge in [-0.2, -0.15) is 0 Å². The molecule has 0 unspecified atom stereocenters. The highest BCUT2D eigenvalue weighted by Gasteiger charge is 2.40. The zero-order chi connectivity index (χ0) is 42.2. The third kappa shape index (κ3) is 6.06. The zero-order valence-electron chi connectivity index (χ0n) is 36.1. The van der Waals surface area contributed by atoms with Gasteiger partial charge < -0.3 is 4.90 Å². The Bertz CT molecular complexity index is 3370. The quantitative estimate of drug-likeness (QED) is 0.162. The van der Waals surface area contributed by atoms with Gasteiger partial charge in [-0.15, -0.1) is 0 Å². The molecule has 1 aliphatic carbocycles. The van der Waals surface area contributed by atoms with Crippen molar-refractivity contribution in [3.05, 3.63) is 223 Å². The average Bonchev–Trinajstić information content (AvgIpc) is 3.53. The highest BCUT2D eigenvalue weighted by atomic mass is 15.1. The van der Waals surface area contributed by atoms with Crippen LogP contribution in [0.1, 0.15) is 51.3 Å². The van der Waals surface area contributed by atoms with Gasteiger partial charge in [0.1, 0.15) is 0 Å². The molecule has 0 aromatic heterocycles. The summed E-state index contributed by atoms with van der Waals surface area (Å²) >= 11 is 0. The lowest BCUT2D eigenvalue weighted by atomic mass is 9.74. The van der Waals surface area contributed by atoms with Crippen molar-refractivity contribution in [3.63, 3.8) is 0 Å². The predicted molar refractivity (Wildman–Crippen MR) is 266 cm³/mol. The summed E-state index contributed by atoms with van der Waals surface area (Å²) in [5, 5.41) is 7.45. The largest absolute Gasteiger partial charge is 0.309 e. The molecule has 10 aromatic rings. The van der Waals surface area contributed by atoms with Crippen molar-refractivity contribution in [1.29, 1.82) is 0 Å². The van der Waals surface area contributed by atoms with Crippen LogP contribution in [0.2, 0.25) is 0 Å². The Morgan fingerprint density at radius 1 is 0.371 bits per heavy atom. The lowest BCUT2D eigenvalue weighted by Gasteiger charge is -2.32. The molecule has 1 aliphatic rings. The summed E-state index contributed by atoms with van der Waals surface area (Å²) in [7, 11) is 0. The summed E-state index contributed by atoms with van der Waals surface area (Å²) in [6.07, 6.45) is 0. The monoisotopic (exact) mass is 795 g/mol. The maximum Gasteiger partial charge on any atom is 0.0540 e. The number of fused-ring (bicyclic) bond motifs is 6. The van der Waals surface area contributed by atoms with Crippen LogP contribution in [0, 0.1) is 0 Å². The molecule has 1 nitrogen and oxygen atoms in total. The van der Waals surface area contributed by atoms with Crippen molar-refractivity contribution in [3.8, 4) is 44.5 Å². The van der Waals surface area contributed by atoms with E-state index in [1.807, 2.05) is 0 Å². The van der Waals surface area contributed by atoms with E-state index in [0.717, 1.165) is 17.1 Å². The number of hydrogen-bond donors (Lipinski definition) is 0. The molecule has 0 spiro atoms. The molecular formula is C61H49N. The molecule has 298 valence electrons. The summed E-state index contributed by atoms with van der Waals surface area (Å²) in [5.41, 5.74) is 17.4.